The van der Waals surface area contributed by atoms with Crippen molar-refractivity contribution in [1.29, 1.82) is 0 Å². The molecule has 2 rings (SSSR count). The van der Waals surface area contributed by atoms with Crippen LogP contribution < -0.4 is 0 Å². The van der Waals surface area contributed by atoms with Crippen molar-refractivity contribution in [2.45, 2.75) is 58.0 Å². The van der Waals surface area contributed by atoms with E-state index in [0.29, 0.717) is 5.92 Å². The van der Waals surface area contributed by atoms with E-state index in [-0.39, 0.29) is 0 Å². The molecule has 0 amide bonds. The highest BCUT2D eigenvalue weighted by molar-refractivity contribution is 4.78. The Hall–Kier alpha value is -0.110. The van der Waals surface area contributed by atoms with E-state index in [9.17, 15) is 4.39 Å². The molecule has 2 atom stereocenters. The van der Waals surface area contributed by atoms with Gasteiger partial charge >= 0.3 is 0 Å². The molecule has 0 aromatic carbocycles. The molecule has 0 N–H and O–H groups in total. The van der Waals surface area contributed by atoms with Crippen LogP contribution >= 0.6 is 0 Å². The lowest BCUT2D eigenvalue weighted by Gasteiger charge is -2.35. The summed E-state index contributed by atoms with van der Waals surface area (Å²) in [5, 5.41) is 0. The maximum absolute atomic E-state index is 13.3. The third-order valence-electron chi connectivity index (χ3n) is 4.52. The van der Waals surface area contributed by atoms with Gasteiger partial charge in [0.25, 0.3) is 0 Å². The lowest BCUT2D eigenvalue weighted by atomic mass is 9.86. The molecule has 0 aromatic rings. The van der Waals surface area contributed by atoms with E-state index in [2.05, 4.69) is 11.8 Å². The lowest BCUT2D eigenvalue weighted by molar-refractivity contribution is 0.119. The van der Waals surface area contributed by atoms with Crippen molar-refractivity contribution in [3.05, 3.63) is 0 Å². The van der Waals surface area contributed by atoms with E-state index in [1.54, 1.807) is 0 Å². The molecule has 1 heterocycles. The van der Waals surface area contributed by atoms with Gasteiger partial charge in [0.05, 0.1) is 0 Å². The number of hydrogen-bond acceptors (Lipinski definition) is 1. The molecule has 1 saturated carbocycles. The molecule has 1 nitrogen and oxygen atoms in total. The Bertz CT molecular complexity index is 199. The fraction of sp³-hybridized carbons (Fsp3) is 1.00. The van der Waals surface area contributed by atoms with Crippen molar-refractivity contribution in [2.24, 2.45) is 11.8 Å². The van der Waals surface area contributed by atoms with Crippen molar-refractivity contribution in [1.82, 2.24) is 4.90 Å². The van der Waals surface area contributed by atoms with Crippen molar-refractivity contribution in [3.63, 3.8) is 0 Å². The molecule has 1 aliphatic heterocycles. The molecule has 16 heavy (non-hydrogen) atoms. The molecule has 1 aliphatic carbocycles. The first-order valence-electron chi connectivity index (χ1n) is 7.14. The fourth-order valence-electron chi connectivity index (χ4n) is 3.33. The zero-order valence-corrected chi connectivity index (χ0v) is 10.6. The highest BCUT2D eigenvalue weighted by Gasteiger charge is 2.25. The predicted octanol–water partition coefficient (Wildman–Crippen LogP) is 3.64. The Morgan fingerprint density at radius 1 is 1.06 bits per heavy atom. The van der Waals surface area contributed by atoms with Gasteiger partial charge in [0.2, 0.25) is 0 Å². The number of piperidine rings is 1. The molecule has 94 valence electrons. The van der Waals surface area contributed by atoms with Crippen LogP contribution in [0.25, 0.3) is 0 Å². The molecular formula is C14H26FN. The first-order chi connectivity index (χ1) is 7.78. The first kappa shape index (κ1) is 12.3. The van der Waals surface area contributed by atoms with Gasteiger partial charge in [0.1, 0.15) is 6.17 Å². The summed E-state index contributed by atoms with van der Waals surface area (Å²) in [7, 11) is 0. The van der Waals surface area contributed by atoms with Gasteiger partial charge in [0, 0.05) is 6.54 Å². The van der Waals surface area contributed by atoms with E-state index < -0.39 is 6.17 Å². The Morgan fingerprint density at radius 3 is 2.44 bits per heavy atom. The lowest BCUT2D eigenvalue weighted by Crippen LogP contribution is -2.38. The minimum atomic E-state index is -0.507. The number of likely N-dealkylation sites (tertiary alicyclic amines) is 1. The largest absolute Gasteiger partial charge is 0.303 e. The van der Waals surface area contributed by atoms with Gasteiger partial charge in [-0.3, -0.25) is 0 Å². The van der Waals surface area contributed by atoms with Crippen LogP contribution in [0.4, 0.5) is 4.39 Å². The number of alkyl halides is 1. The van der Waals surface area contributed by atoms with E-state index in [4.69, 9.17) is 0 Å². The van der Waals surface area contributed by atoms with Crippen LogP contribution in [0.1, 0.15) is 51.9 Å². The average molecular weight is 227 g/mol. The van der Waals surface area contributed by atoms with E-state index >= 15 is 0 Å². The SMILES string of the molecule is CCC1CCN(CC2CCCC(F)C2)CC1. The van der Waals surface area contributed by atoms with Gasteiger partial charge in [0.15, 0.2) is 0 Å². The molecule has 0 aromatic heterocycles. The van der Waals surface area contributed by atoms with Gasteiger partial charge in [-0.1, -0.05) is 19.8 Å². The normalized spacial score (nSPS) is 34.1. The Kier molecular flexibility index (Phi) is 4.63. The van der Waals surface area contributed by atoms with Crippen LogP contribution in [0.3, 0.4) is 0 Å². The molecule has 0 spiro atoms. The van der Waals surface area contributed by atoms with Gasteiger partial charge in [-0.25, -0.2) is 4.39 Å². The quantitative estimate of drug-likeness (QED) is 0.711. The molecular weight excluding hydrogens is 201 g/mol. The topological polar surface area (TPSA) is 3.24 Å². The summed E-state index contributed by atoms with van der Waals surface area (Å²) in [4.78, 5) is 2.58. The van der Waals surface area contributed by atoms with Crippen LogP contribution in [-0.2, 0) is 0 Å². The second-order valence-electron chi connectivity index (χ2n) is 5.78. The zero-order chi connectivity index (χ0) is 11.4. The minimum absolute atomic E-state index is 0.507. The standard InChI is InChI=1S/C14H26FN/c1-2-12-6-8-16(9-7-12)11-13-4-3-5-14(15)10-13/h12-14H,2-11H2,1H3. The highest BCUT2D eigenvalue weighted by Crippen LogP contribution is 2.28. The van der Waals surface area contributed by atoms with Crippen molar-refractivity contribution >= 4 is 0 Å². The first-order valence-corrected chi connectivity index (χ1v) is 7.14. The maximum Gasteiger partial charge on any atom is 0.100 e. The second kappa shape index (κ2) is 6.00. The number of rotatable bonds is 3. The fourth-order valence-corrected chi connectivity index (χ4v) is 3.33. The zero-order valence-electron chi connectivity index (χ0n) is 10.6. The third-order valence-corrected chi connectivity index (χ3v) is 4.52. The van der Waals surface area contributed by atoms with E-state index in [1.165, 1.54) is 38.8 Å². The van der Waals surface area contributed by atoms with Gasteiger partial charge in [-0.2, -0.15) is 0 Å². The highest BCUT2D eigenvalue weighted by atomic mass is 19.1. The predicted molar refractivity (Wildman–Crippen MR) is 66.3 cm³/mol. The molecule has 2 fully saturated rings. The minimum Gasteiger partial charge on any atom is -0.303 e. The Labute approximate surface area is 99.4 Å². The summed E-state index contributed by atoms with van der Waals surface area (Å²) in [5.74, 6) is 1.60. The number of nitrogens with zero attached hydrogens (tertiary/aromatic N) is 1. The summed E-state index contributed by atoms with van der Waals surface area (Å²) in [6.07, 6.45) is 7.56. The third kappa shape index (κ3) is 3.44. The summed E-state index contributed by atoms with van der Waals surface area (Å²) < 4.78 is 13.3. The van der Waals surface area contributed by atoms with E-state index in [0.717, 1.165) is 31.7 Å². The molecule has 0 bridgehead atoms. The van der Waals surface area contributed by atoms with Gasteiger partial charge < -0.3 is 4.90 Å². The average Bonchev–Trinajstić information content (AvgIpc) is 2.30. The van der Waals surface area contributed by atoms with Crippen LogP contribution in [0.15, 0.2) is 0 Å². The molecule has 1 saturated heterocycles. The van der Waals surface area contributed by atoms with Crippen molar-refractivity contribution < 1.29 is 4.39 Å². The monoisotopic (exact) mass is 227 g/mol. The van der Waals surface area contributed by atoms with Gasteiger partial charge in [-0.05, 0) is 57.0 Å². The molecule has 2 aliphatic rings. The summed E-state index contributed by atoms with van der Waals surface area (Å²) in [5.41, 5.74) is 0. The van der Waals surface area contributed by atoms with Crippen LogP contribution in [0, 0.1) is 11.8 Å². The second-order valence-corrected chi connectivity index (χ2v) is 5.78. The molecule has 0 radical (unpaired) electrons. The summed E-state index contributed by atoms with van der Waals surface area (Å²) in [6, 6.07) is 0. The smallest absolute Gasteiger partial charge is 0.100 e. The van der Waals surface area contributed by atoms with E-state index in [1.807, 2.05) is 0 Å². The van der Waals surface area contributed by atoms with Crippen LogP contribution in [0.5, 0.6) is 0 Å². The van der Waals surface area contributed by atoms with Crippen LogP contribution in [0.2, 0.25) is 0 Å². The number of hydrogen-bond donors (Lipinski definition) is 0. The Balaban J connectivity index is 1.69. The van der Waals surface area contributed by atoms with Crippen molar-refractivity contribution in [2.75, 3.05) is 19.6 Å². The summed E-state index contributed by atoms with van der Waals surface area (Å²) in [6.45, 7) is 5.98. The summed E-state index contributed by atoms with van der Waals surface area (Å²) >= 11 is 0. The molecule has 2 heteroatoms. The maximum atomic E-state index is 13.3. The van der Waals surface area contributed by atoms with Crippen molar-refractivity contribution in [3.8, 4) is 0 Å². The number of halogens is 1. The Morgan fingerprint density at radius 2 is 1.81 bits per heavy atom. The van der Waals surface area contributed by atoms with Gasteiger partial charge in [-0.15, -0.1) is 0 Å². The van der Waals surface area contributed by atoms with Crippen LogP contribution in [-0.4, -0.2) is 30.7 Å². The molecule has 2 unspecified atom stereocenters.